The zero-order chi connectivity index (χ0) is 19.1. The van der Waals surface area contributed by atoms with Crippen LogP contribution < -0.4 is 11.1 Å². The molecule has 1 aliphatic heterocycles. The van der Waals surface area contributed by atoms with Gasteiger partial charge < -0.3 is 20.9 Å². The number of carbonyl (C=O) groups is 2. The number of nitrogens with zero attached hydrogens (tertiary/aromatic N) is 1. The van der Waals surface area contributed by atoms with E-state index in [0.717, 1.165) is 59.8 Å². The number of amides is 2. The Balaban J connectivity index is 1.54. The minimum Gasteiger partial charge on any atom is -0.366 e. The predicted octanol–water partition coefficient (Wildman–Crippen LogP) is 2.34. The van der Waals surface area contributed by atoms with Crippen LogP contribution >= 0.6 is 15.9 Å². The van der Waals surface area contributed by atoms with Gasteiger partial charge in [-0.25, -0.2) is 0 Å². The first-order valence-corrected chi connectivity index (χ1v) is 10.3. The zero-order valence-electron chi connectivity index (χ0n) is 15.5. The molecule has 4 rings (SSSR count). The number of fused-ring (bicyclic) bond motifs is 3. The van der Waals surface area contributed by atoms with E-state index in [0.29, 0.717) is 12.0 Å². The fourth-order valence-corrected chi connectivity index (χ4v) is 4.97. The topological polar surface area (TPSA) is 91.2 Å². The molecule has 1 fully saturated rings. The number of H-pyrrole nitrogens is 1. The Kier molecular flexibility index (Phi) is 4.99. The monoisotopic (exact) mass is 432 g/mol. The van der Waals surface area contributed by atoms with Crippen molar-refractivity contribution in [2.45, 2.75) is 38.1 Å². The van der Waals surface area contributed by atoms with E-state index in [9.17, 15) is 9.59 Å². The Bertz CT molecular complexity index is 899. The lowest BCUT2D eigenvalue weighted by Gasteiger charge is -2.31. The van der Waals surface area contributed by atoms with Gasteiger partial charge in [0, 0.05) is 27.5 Å². The minimum atomic E-state index is -0.442. The second-order valence-electron chi connectivity index (χ2n) is 7.82. The van der Waals surface area contributed by atoms with Gasteiger partial charge in [-0.05, 0) is 69.9 Å². The first-order valence-electron chi connectivity index (χ1n) is 9.54. The number of aromatic amines is 1. The minimum absolute atomic E-state index is 0.0268. The number of nitrogens with two attached hydrogens (primary N) is 1. The van der Waals surface area contributed by atoms with Crippen molar-refractivity contribution in [1.29, 1.82) is 0 Å². The van der Waals surface area contributed by atoms with Gasteiger partial charge in [0.15, 0.2) is 0 Å². The Hall–Kier alpha value is -1.86. The van der Waals surface area contributed by atoms with E-state index in [1.54, 1.807) is 6.07 Å². The van der Waals surface area contributed by atoms with Gasteiger partial charge in [-0.15, -0.1) is 0 Å². The van der Waals surface area contributed by atoms with E-state index < -0.39 is 5.91 Å². The quantitative estimate of drug-likeness (QED) is 0.694. The number of hydrogen-bond acceptors (Lipinski definition) is 3. The Morgan fingerprint density at radius 3 is 2.70 bits per heavy atom. The molecular weight excluding hydrogens is 408 g/mol. The molecule has 27 heavy (non-hydrogen) atoms. The van der Waals surface area contributed by atoms with Crippen molar-refractivity contribution in [3.63, 3.8) is 0 Å². The molecular formula is C20H25BrN4O2. The van der Waals surface area contributed by atoms with Gasteiger partial charge in [0.2, 0.25) is 5.91 Å². The van der Waals surface area contributed by atoms with Crippen molar-refractivity contribution in [3.05, 3.63) is 33.4 Å². The van der Waals surface area contributed by atoms with Crippen molar-refractivity contribution in [2.24, 2.45) is 11.7 Å². The second kappa shape index (κ2) is 7.28. The summed E-state index contributed by atoms with van der Waals surface area (Å²) in [6, 6.07) is 3.89. The average Bonchev–Trinajstić information content (AvgIpc) is 3.02. The molecule has 2 amide bonds. The number of primary amides is 1. The first kappa shape index (κ1) is 18.5. The number of likely N-dealkylation sites (tertiary alicyclic amines) is 1. The van der Waals surface area contributed by atoms with Crippen LogP contribution in [0.4, 0.5) is 0 Å². The van der Waals surface area contributed by atoms with Crippen LogP contribution in [0, 0.1) is 5.92 Å². The molecule has 2 heterocycles. The Morgan fingerprint density at radius 2 is 2.00 bits per heavy atom. The average molecular weight is 433 g/mol. The number of benzene rings is 1. The van der Waals surface area contributed by atoms with E-state index in [-0.39, 0.29) is 17.9 Å². The van der Waals surface area contributed by atoms with Crippen molar-refractivity contribution >= 4 is 38.6 Å². The molecule has 0 bridgehead atoms. The normalized spacial score (nSPS) is 21.2. The Labute approximate surface area is 167 Å². The third kappa shape index (κ3) is 3.50. The van der Waals surface area contributed by atoms with E-state index >= 15 is 0 Å². The van der Waals surface area contributed by atoms with Crippen LogP contribution in [0.25, 0.3) is 10.9 Å². The molecule has 4 N–H and O–H groups in total. The van der Waals surface area contributed by atoms with Crippen molar-refractivity contribution in [2.75, 3.05) is 20.1 Å². The number of carbonyl (C=O) groups excluding carboxylic acids is 2. The van der Waals surface area contributed by atoms with Gasteiger partial charge in [0.05, 0.1) is 11.1 Å². The summed E-state index contributed by atoms with van der Waals surface area (Å²) in [6.07, 6.45) is 4.35. The molecule has 1 saturated heterocycles. The van der Waals surface area contributed by atoms with Crippen LogP contribution in [-0.2, 0) is 17.6 Å². The summed E-state index contributed by atoms with van der Waals surface area (Å²) in [4.78, 5) is 30.3. The van der Waals surface area contributed by atoms with Gasteiger partial charge in [-0.2, -0.15) is 0 Å². The third-order valence-corrected chi connectivity index (χ3v) is 6.65. The molecule has 1 aliphatic carbocycles. The molecule has 1 atom stereocenters. The van der Waals surface area contributed by atoms with Crippen LogP contribution in [0.15, 0.2) is 16.6 Å². The highest BCUT2D eigenvalue weighted by molar-refractivity contribution is 9.10. The van der Waals surface area contributed by atoms with Crippen LogP contribution in [-0.4, -0.2) is 47.9 Å². The maximum absolute atomic E-state index is 12.8. The highest BCUT2D eigenvalue weighted by Gasteiger charge is 2.30. The van der Waals surface area contributed by atoms with Crippen LogP contribution in [0.3, 0.4) is 0 Å². The molecule has 1 aromatic carbocycles. The first-order chi connectivity index (χ1) is 12.9. The van der Waals surface area contributed by atoms with E-state index in [4.69, 9.17) is 5.73 Å². The van der Waals surface area contributed by atoms with Crippen LogP contribution in [0.2, 0.25) is 0 Å². The summed E-state index contributed by atoms with van der Waals surface area (Å²) < 4.78 is 0.953. The van der Waals surface area contributed by atoms with E-state index in [1.165, 1.54) is 5.56 Å². The largest absolute Gasteiger partial charge is 0.366 e. The number of hydrogen-bond donors (Lipinski definition) is 3. The SMILES string of the molecule is CN1CCC(NC(=O)C2CCc3c([nH]c4c(C(N)=O)ccc(Br)c34)C2)CC1. The molecule has 2 aliphatic rings. The fourth-order valence-electron chi connectivity index (χ4n) is 4.40. The highest BCUT2D eigenvalue weighted by Crippen LogP contribution is 2.37. The molecule has 144 valence electrons. The maximum atomic E-state index is 12.8. The molecule has 1 aromatic heterocycles. The number of nitrogens with one attached hydrogen (secondary N) is 2. The molecule has 0 saturated carbocycles. The predicted molar refractivity (Wildman–Crippen MR) is 109 cm³/mol. The summed E-state index contributed by atoms with van der Waals surface area (Å²) in [6.45, 7) is 2.07. The maximum Gasteiger partial charge on any atom is 0.250 e. The van der Waals surface area contributed by atoms with Crippen molar-refractivity contribution in [1.82, 2.24) is 15.2 Å². The van der Waals surface area contributed by atoms with E-state index in [1.807, 2.05) is 6.07 Å². The number of rotatable bonds is 3. The summed E-state index contributed by atoms with van der Waals surface area (Å²) >= 11 is 3.60. The van der Waals surface area contributed by atoms with Crippen molar-refractivity contribution < 1.29 is 9.59 Å². The lowest BCUT2D eigenvalue weighted by atomic mass is 9.86. The van der Waals surface area contributed by atoms with Crippen LogP contribution in [0.1, 0.15) is 40.9 Å². The number of halogens is 1. The highest BCUT2D eigenvalue weighted by atomic mass is 79.9. The third-order valence-electron chi connectivity index (χ3n) is 5.99. The lowest BCUT2D eigenvalue weighted by molar-refractivity contribution is -0.126. The summed E-state index contributed by atoms with van der Waals surface area (Å²) in [5.74, 6) is -0.313. The zero-order valence-corrected chi connectivity index (χ0v) is 17.1. The molecule has 2 aromatic rings. The summed E-state index contributed by atoms with van der Waals surface area (Å²) in [5.41, 5.74) is 9.05. The molecule has 7 heteroatoms. The number of piperidine rings is 1. The molecule has 0 spiro atoms. The number of aryl methyl sites for hydroxylation is 1. The smallest absolute Gasteiger partial charge is 0.250 e. The molecule has 6 nitrogen and oxygen atoms in total. The molecule has 0 radical (unpaired) electrons. The van der Waals surface area contributed by atoms with Gasteiger partial charge in [0.25, 0.3) is 5.91 Å². The van der Waals surface area contributed by atoms with Gasteiger partial charge in [-0.1, -0.05) is 15.9 Å². The second-order valence-corrected chi connectivity index (χ2v) is 8.67. The van der Waals surface area contributed by atoms with Gasteiger partial charge >= 0.3 is 0 Å². The number of aromatic nitrogens is 1. The molecule has 1 unspecified atom stereocenters. The fraction of sp³-hybridized carbons (Fsp3) is 0.500. The lowest BCUT2D eigenvalue weighted by Crippen LogP contribution is -2.46. The summed E-state index contributed by atoms with van der Waals surface area (Å²) in [7, 11) is 2.12. The van der Waals surface area contributed by atoms with Gasteiger partial charge in [0.1, 0.15) is 0 Å². The summed E-state index contributed by atoms with van der Waals surface area (Å²) in [5, 5.41) is 4.28. The van der Waals surface area contributed by atoms with Crippen molar-refractivity contribution in [3.8, 4) is 0 Å². The van der Waals surface area contributed by atoms with E-state index in [2.05, 4.69) is 38.2 Å². The van der Waals surface area contributed by atoms with Gasteiger partial charge in [-0.3, -0.25) is 9.59 Å². The Morgan fingerprint density at radius 1 is 1.26 bits per heavy atom. The van der Waals surface area contributed by atoms with Crippen LogP contribution in [0.5, 0.6) is 0 Å². The standard InChI is InChI=1S/C20H25BrN4O2/c1-25-8-6-12(7-9-25)23-20(27)11-2-3-13-16(10-11)24-18-14(19(22)26)4-5-15(21)17(13)18/h4-5,11-12,24H,2-3,6-10H2,1H3,(H2,22,26)(H,23,27).